The highest BCUT2D eigenvalue weighted by Crippen LogP contribution is 2.50. The molecule has 0 amide bonds. The number of aromatic nitrogens is 12. The van der Waals surface area contributed by atoms with E-state index in [2.05, 4.69) is 133 Å². The first-order valence-corrected chi connectivity index (χ1v) is 48.5. The van der Waals surface area contributed by atoms with Gasteiger partial charge in [0.2, 0.25) is 0 Å². The number of aromatic amines is 3. The van der Waals surface area contributed by atoms with Gasteiger partial charge in [0.25, 0.3) is 0 Å². The Bertz CT molecular complexity index is 7620. The van der Waals surface area contributed by atoms with Crippen LogP contribution in [0.5, 0.6) is 5.75 Å². The molecule has 0 fully saturated rings. The number of nitrogens with one attached hydrogen (secondary N) is 6. The minimum absolute atomic E-state index is 0.0523. The number of allylic oxidation sites excluding steroid dienone is 7. The lowest BCUT2D eigenvalue weighted by Crippen LogP contribution is -2.32. The van der Waals surface area contributed by atoms with Gasteiger partial charge in [-0.05, 0) is 310 Å². The summed E-state index contributed by atoms with van der Waals surface area (Å²) in [7, 11) is -3.73. The van der Waals surface area contributed by atoms with Crippen LogP contribution in [0.3, 0.4) is 0 Å². The lowest BCUT2D eigenvalue weighted by atomic mass is 9.75. The van der Waals surface area contributed by atoms with E-state index in [9.17, 15) is 38.9 Å². The Morgan fingerprint density at radius 2 is 1.21 bits per heavy atom. The second-order valence-corrected chi connectivity index (χ2v) is 38.7. The number of hydrazone groups is 2. The van der Waals surface area contributed by atoms with Crippen molar-refractivity contribution in [3.8, 4) is 50.9 Å². The van der Waals surface area contributed by atoms with Gasteiger partial charge in [0.1, 0.15) is 23.6 Å². The number of aryl methyl sites for hydroxylation is 1. The lowest BCUT2D eigenvalue weighted by molar-refractivity contribution is 0.101. The standard InChI is InChI=1S/C23H24BN3O2.C23H26BN3O2.C22H15BClF2N3O2.C21H20BN3O3.C16H15N5S/c1-23(2)17-11-13(7-8-18(17)24(28)29-23)22-15-6-4-3-5-14(15)21-16-12-25-27-19(16)9-10-20(21)26-22;1-4-14(11-15-12-23(2,3)29-24(15)28)22-17-8-6-5-7-16(17)21-18-13-25-27-19(18)9-10-20(21)26-22;1-2-12(7-14(24)10-25)15-9-21(13-3-4-17(23(30)31)18(26)8-13)28-20-6-5-19-16(22(15)20)11-27-29-19;1-28-21-14(7-4-8-16(21)22(26)27)20-13-6-3-2-5-12(13)19-15-11-23-25-17(15)9-10-18(19)24-20;1-2-4-10-9(3-1)15-11-7-17-19-12(11)5-6-13(15)18-16(10)14-8-22-21-20-14/h7-12,16,19,27-28H,3-6H2,1-2H3;4,9-13,22,26,28H,1,5-8H2,2-3H3,(H,25,27);2-11,30-31H,1H2,(H,27,29);4,7-11,26-27H,2-3,5-6H2,1H3,(H,23,25);5-8,11-12,19H,1-4H2/b;14-11+;12-7+,14-10-;;. The Morgan fingerprint density at radius 3 is 1.83 bits per heavy atom. The Balaban J connectivity index is 0.000000104. The predicted octanol–water partition coefficient (Wildman–Crippen LogP) is 16.3. The van der Waals surface area contributed by atoms with Crippen molar-refractivity contribution in [2.24, 2.45) is 10.2 Å². The van der Waals surface area contributed by atoms with E-state index >= 15 is 0 Å². The van der Waals surface area contributed by atoms with Gasteiger partial charge in [-0.15, -0.1) is 5.10 Å². The van der Waals surface area contributed by atoms with Crippen molar-refractivity contribution in [2.45, 2.75) is 172 Å². The van der Waals surface area contributed by atoms with Crippen LogP contribution in [0.15, 0.2) is 215 Å². The van der Waals surface area contributed by atoms with Gasteiger partial charge in [-0.2, -0.15) is 25.5 Å². The Labute approximate surface area is 811 Å². The van der Waals surface area contributed by atoms with E-state index in [4.69, 9.17) is 40.6 Å². The van der Waals surface area contributed by atoms with Gasteiger partial charge >= 0.3 is 28.5 Å². The summed E-state index contributed by atoms with van der Waals surface area (Å²) in [6.07, 6.45) is 45.4. The Kier molecular flexibility index (Phi) is 25.3. The molecule has 0 bridgehead atoms. The fourth-order valence-corrected chi connectivity index (χ4v) is 22.7. The second kappa shape index (κ2) is 38.1. The lowest BCUT2D eigenvalue weighted by Gasteiger charge is -2.36. The molecule has 0 spiro atoms. The van der Waals surface area contributed by atoms with Crippen LogP contribution in [-0.2, 0) is 53.4 Å². The number of para-hydroxylation sites is 1. The summed E-state index contributed by atoms with van der Waals surface area (Å²) >= 11 is 7.28. The summed E-state index contributed by atoms with van der Waals surface area (Å²) in [5, 5.41) is 104. The third-order valence-corrected chi connectivity index (χ3v) is 29.2. The molecule has 0 radical (unpaired) electrons. The molecule has 13 heterocycles. The average molecular weight is 1890 g/mol. The summed E-state index contributed by atoms with van der Waals surface area (Å²) in [5.74, 6) is 0.290. The van der Waals surface area contributed by atoms with Crippen molar-refractivity contribution in [1.29, 1.82) is 0 Å². The summed E-state index contributed by atoms with van der Waals surface area (Å²) in [5.41, 5.74) is 40.0. The van der Waals surface area contributed by atoms with Gasteiger partial charge in [-0.3, -0.25) is 15.3 Å². The summed E-state index contributed by atoms with van der Waals surface area (Å²) < 4.78 is 48.3. The molecular formula is C105H100B4ClF2N17O9S. The molecule has 14 aromatic rings. The molecule has 11 aliphatic rings. The maximum absolute atomic E-state index is 14.4. The molecule has 8 aromatic heterocycles. The first-order valence-electron chi connectivity index (χ1n) is 47.3. The van der Waals surface area contributed by atoms with Gasteiger partial charge < -0.3 is 60.4 Å². The van der Waals surface area contributed by atoms with Crippen LogP contribution in [0.4, 0.5) is 14.5 Å². The number of hydrogen-bond acceptors (Lipinski definition) is 24. The van der Waals surface area contributed by atoms with Gasteiger partial charge in [0.05, 0.1) is 122 Å². The first kappa shape index (κ1) is 92.1. The number of benzene rings is 6. The number of rotatable bonds is 13. The molecule has 25 rings (SSSR count). The van der Waals surface area contributed by atoms with Gasteiger partial charge in [-0.1, -0.05) is 102 Å². The van der Waals surface area contributed by atoms with E-state index < -0.39 is 45.5 Å². The maximum Gasteiger partial charge on any atom is 0.492 e. The molecule has 5 unspecified atom stereocenters. The van der Waals surface area contributed by atoms with Crippen LogP contribution in [0.25, 0.3) is 123 Å². The molecule has 0 saturated heterocycles. The molecule has 12 N–H and O–H groups in total. The minimum atomic E-state index is -1.92. The predicted molar refractivity (Wildman–Crippen MR) is 550 cm³/mol. The number of ether oxygens (including phenoxy) is 1. The molecule has 0 saturated carbocycles. The van der Waals surface area contributed by atoms with Crippen molar-refractivity contribution in [2.75, 3.05) is 12.4 Å². The highest BCUT2D eigenvalue weighted by atomic mass is 35.5. The van der Waals surface area contributed by atoms with E-state index in [-0.39, 0.29) is 40.9 Å². The largest absolute Gasteiger partial charge is 0.496 e. The average Bonchev–Trinajstić information content (AvgIpc) is 1.70. The van der Waals surface area contributed by atoms with Gasteiger partial charge in [-0.25, -0.2) is 28.7 Å². The SMILES string of the molecule is C1=CC2NN=CC2c2c1nc(-c1csnn1)c1c2CCCC1.C=C/C(=C\C(Cl)=C\F)c1cc(-c2ccc(B(O)O)c(F)c2)nc2ccc3[nH]ncc3c12.C=C/C(=C\C1=CC(C)(C)OB1O)C1Nc2ccc3[nH]ncc3c2C2=C1CCCC2.CC1(C)OB(O)c2ccc(-c3nc4c(c5c3CCCC5)C3C=NNC3C=C4)cc21.COc1c(B(O)O)cccc1-c1nc2ccc3[nH]ncc3c2c2c1CCCC2. The summed E-state index contributed by atoms with van der Waals surface area (Å²) in [4.78, 5) is 19.8. The topological polar surface area (TPSA) is 373 Å². The number of fused-ring (bicyclic) bond motifs is 23. The number of nitrogens with zero attached hydrogens (tertiary/aromatic N) is 11. The fourth-order valence-electron chi connectivity index (χ4n) is 22.1. The number of pyridine rings is 4. The minimum Gasteiger partial charge on any atom is -0.496 e. The van der Waals surface area contributed by atoms with Crippen LogP contribution < -0.4 is 37.3 Å². The second-order valence-electron chi connectivity index (χ2n) is 37.7. The Hall–Kier alpha value is -13.3. The molecule has 26 nitrogen and oxygen atoms in total. The number of anilines is 1. The highest BCUT2D eigenvalue weighted by Gasteiger charge is 2.44. The van der Waals surface area contributed by atoms with Crippen molar-refractivity contribution in [3.63, 3.8) is 0 Å². The number of H-pyrrole nitrogens is 3. The first-order chi connectivity index (χ1) is 67.5. The molecule has 6 aliphatic carbocycles. The van der Waals surface area contributed by atoms with Crippen LogP contribution in [0.1, 0.15) is 176 Å². The van der Waals surface area contributed by atoms with E-state index in [1.807, 2.05) is 113 Å². The van der Waals surface area contributed by atoms with Crippen molar-refractivity contribution >= 4 is 164 Å². The van der Waals surface area contributed by atoms with Crippen molar-refractivity contribution in [1.82, 2.24) is 71.0 Å². The fraction of sp³-hybridized carbons (Fsp3) is 0.267. The van der Waals surface area contributed by atoms with Crippen molar-refractivity contribution in [3.05, 3.63) is 283 Å². The van der Waals surface area contributed by atoms with E-state index in [1.165, 1.54) is 152 Å². The Morgan fingerprint density at radius 1 is 0.612 bits per heavy atom. The van der Waals surface area contributed by atoms with Crippen LogP contribution in [0, 0.1) is 5.82 Å². The molecule has 5 atom stereocenters. The third kappa shape index (κ3) is 17.3. The maximum atomic E-state index is 14.4. The number of halogens is 3. The molecule has 34 heteroatoms. The molecule has 698 valence electrons. The molecular weight excluding hydrogens is 1790 g/mol. The van der Waals surface area contributed by atoms with Crippen LogP contribution >= 0.6 is 23.1 Å². The molecule has 5 aliphatic heterocycles. The molecule has 6 aromatic carbocycles. The van der Waals surface area contributed by atoms with E-state index in [0.717, 1.165) is 175 Å². The van der Waals surface area contributed by atoms with Gasteiger partial charge in [0, 0.05) is 95.4 Å². The normalized spacial score (nSPS) is 19.6. The van der Waals surface area contributed by atoms with Gasteiger partial charge in [0.15, 0.2) is 0 Å². The van der Waals surface area contributed by atoms with E-state index in [0.29, 0.717) is 45.0 Å². The summed E-state index contributed by atoms with van der Waals surface area (Å²) in [6, 6.07) is 29.8. The smallest absolute Gasteiger partial charge is 0.492 e. The zero-order valence-corrected chi connectivity index (χ0v) is 78.8. The van der Waals surface area contributed by atoms with E-state index in [1.54, 1.807) is 31.5 Å². The highest BCUT2D eigenvalue weighted by molar-refractivity contribution is 7.03. The van der Waals surface area contributed by atoms with Crippen LogP contribution in [-0.4, -0.2) is 162 Å². The quantitative estimate of drug-likeness (QED) is 0.0377. The number of methoxy groups -OCH3 is 1. The zero-order valence-electron chi connectivity index (χ0n) is 77.3. The number of hydrogen-bond donors (Lipinski definition) is 12. The zero-order chi connectivity index (χ0) is 95.8. The van der Waals surface area contributed by atoms with Crippen LogP contribution in [0.2, 0.25) is 0 Å². The summed E-state index contributed by atoms with van der Waals surface area (Å²) in [6.45, 7) is 15.8. The van der Waals surface area contributed by atoms with Crippen molar-refractivity contribution < 1.29 is 53.0 Å². The monoisotopic (exact) mass is 1890 g/mol. The third-order valence-electron chi connectivity index (χ3n) is 28.5. The molecule has 139 heavy (non-hydrogen) atoms.